The molecule has 1 aliphatic carbocycles. The maximum Gasteiger partial charge on any atom is 0.150 e. The number of hydrogen-bond donors (Lipinski definition) is 2. The Balaban J connectivity index is 2.06. The van der Waals surface area contributed by atoms with Crippen molar-refractivity contribution in [2.75, 3.05) is 11.1 Å². The van der Waals surface area contributed by atoms with Crippen LogP contribution in [0.25, 0.3) is 0 Å². The Hall–Kier alpha value is -1.76. The van der Waals surface area contributed by atoms with Gasteiger partial charge in [0.1, 0.15) is 6.07 Å². The maximum atomic E-state index is 8.90. The lowest BCUT2D eigenvalue weighted by Crippen LogP contribution is -2.26. The van der Waals surface area contributed by atoms with Crippen molar-refractivity contribution in [2.45, 2.75) is 38.6 Å². The molecule has 17 heavy (non-hydrogen) atoms. The normalized spacial score (nSPS) is 24.0. The van der Waals surface area contributed by atoms with Gasteiger partial charge in [-0.3, -0.25) is 0 Å². The number of pyridine rings is 1. The van der Waals surface area contributed by atoms with E-state index in [1.807, 2.05) is 0 Å². The first-order valence-electron chi connectivity index (χ1n) is 6.12. The van der Waals surface area contributed by atoms with Gasteiger partial charge < -0.3 is 11.1 Å². The number of nitrogens with zero attached hydrogens (tertiary/aromatic N) is 2. The van der Waals surface area contributed by atoms with Gasteiger partial charge in [-0.05, 0) is 37.7 Å². The van der Waals surface area contributed by atoms with Crippen LogP contribution in [0.15, 0.2) is 12.3 Å². The van der Waals surface area contributed by atoms with Gasteiger partial charge >= 0.3 is 0 Å². The van der Waals surface area contributed by atoms with E-state index in [4.69, 9.17) is 11.0 Å². The fourth-order valence-electron chi connectivity index (χ4n) is 2.28. The van der Waals surface area contributed by atoms with Crippen molar-refractivity contribution >= 4 is 11.5 Å². The predicted molar refractivity (Wildman–Crippen MR) is 68.4 cm³/mol. The molecule has 1 saturated carbocycles. The predicted octanol–water partition coefficient (Wildman–Crippen LogP) is 2.53. The average Bonchev–Trinajstić information content (AvgIpc) is 2.35. The molecule has 0 radical (unpaired) electrons. The molecule has 0 saturated heterocycles. The van der Waals surface area contributed by atoms with Crippen molar-refractivity contribution in [1.29, 1.82) is 5.26 Å². The first-order chi connectivity index (χ1) is 8.20. The van der Waals surface area contributed by atoms with Crippen LogP contribution in [0, 0.1) is 17.2 Å². The summed E-state index contributed by atoms with van der Waals surface area (Å²) in [5.74, 6) is 1.48. The number of nitriles is 1. The summed E-state index contributed by atoms with van der Waals surface area (Å²) in [6.07, 6.45) is 6.42. The van der Waals surface area contributed by atoms with Crippen molar-refractivity contribution in [3.63, 3.8) is 0 Å². The van der Waals surface area contributed by atoms with Crippen molar-refractivity contribution in [3.05, 3.63) is 17.8 Å². The molecule has 2 rings (SSSR count). The Morgan fingerprint density at radius 2 is 2.12 bits per heavy atom. The Labute approximate surface area is 102 Å². The zero-order valence-corrected chi connectivity index (χ0v) is 10.1. The van der Waals surface area contributed by atoms with Gasteiger partial charge in [0, 0.05) is 12.2 Å². The second kappa shape index (κ2) is 5.05. The Bertz CT molecular complexity index is 428. The van der Waals surface area contributed by atoms with Gasteiger partial charge in [-0.2, -0.15) is 5.26 Å². The first kappa shape index (κ1) is 11.7. The minimum absolute atomic E-state index is 0.440. The number of nitrogen functional groups attached to an aromatic ring is 1. The zero-order valence-electron chi connectivity index (χ0n) is 10.1. The highest BCUT2D eigenvalue weighted by Crippen LogP contribution is 2.27. The summed E-state index contributed by atoms with van der Waals surface area (Å²) >= 11 is 0. The van der Waals surface area contributed by atoms with Crippen molar-refractivity contribution in [1.82, 2.24) is 4.98 Å². The average molecular weight is 230 g/mol. The molecular weight excluding hydrogens is 212 g/mol. The van der Waals surface area contributed by atoms with E-state index in [1.165, 1.54) is 12.8 Å². The van der Waals surface area contributed by atoms with Gasteiger partial charge in [0.15, 0.2) is 5.82 Å². The summed E-state index contributed by atoms with van der Waals surface area (Å²) < 4.78 is 0. The molecule has 1 aliphatic rings. The minimum Gasteiger partial charge on any atom is -0.395 e. The number of hydrogen-bond acceptors (Lipinski definition) is 4. The number of aromatic nitrogens is 1. The van der Waals surface area contributed by atoms with E-state index in [-0.39, 0.29) is 0 Å². The monoisotopic (exact) mass is 230 g/mol. The van der Waals surface area contributed by atoms with Crippen LogP contribution in [0.5, 0.6) is 0 Å². The van der Waals surface area contributed by atoms with Gasteiger partial charge in [0.2, 0.25) is 0 Å². The number of rotatable bonds is 2. The molecule has 4 nitrogen and oxygen atoms in total. The van der Waals surface area contributed by atoms with Crippen LogP contribution in [0.1, 0.15) is 38.2 Å². The summed E-state index contributed by atoms with van der Waals surface area (Å²) in [4.78, 5) is 4.21. The fourth-order valence-corrected chi connectivity index (χ4v) is 2.28. The van der Waals surface area contributed by atoms with Crippen LogP contribution < -0.4 is 11.1 Å². The Morgan fingerprint density at radius 3 is 2.76 bits per heavy atom. The largest absolute Gasteiger partial charge is 0.395 e. The molecule has 90 valence electrons. The number of anilines is 2. The van der Waals surface area contributed by atoms with Crippen molar-refractivity contribution in [2.24, 2.45) is 5.92 Å². The molecule has 0 bridgehead atoms. The molecular formula is C13H18N4. The molecule has 1 aromatic rings. The molecule has 1 fully saturated rings. The summed E-state index contributed by atoms with van der Waals surface area (Å²) in [5.41, 5.74) is 6.85. The molecule has 0 amide bonds. The Morgan fingerprint density at radius 1 is 1.41 bits per heavy atom. The van der Waals surface area contributed by atoms with E-state index in [0.717, 1.165) is 18.8 Å². The van der Waals surface area contributed by atoms with Crippen molar-refractivity contribution in [3.8, 4) is 6.07 Å². The lowest BCUT2D eigenvalue weighted by atomic mass is 9.87. The molecule has 1 heterocycles. The van der Waals surface area contributed by atoms with Gasteiger partial charge in [0.05, 0.1) is 11.3 Å². The quantitative estimate of drug-likeness (QED) is 0.818. The third-order valence-corrected chi connectivity index (χ3v) is 3.47. The van der Waals surface area contributed by atoms with Gasteiger partial charge in [0.25, 0.3) is 0 Å². The molecule has 0 aliphatic heterocycles. The van der Waals surface area contributed by atoms with Crippen LogP contribution in [0.3, 0.4) is 0 Å². The summed E-state index contributed by atoms with van der Waals surface area (Å²) in [6.45, 7) is 2.29. The van der Waals surface area contributed by atoms with Crippen LogP contribution in [0.2, 0.25) is 0 Å². The molecule has 3 N–H and O–H groups in total. The molecule has 1 aromatic heterocycles. The SMILES string of the molecule is CC1CCC(Nc2nccc(C#N)c2N)CC1. The molecule has 4 heteroatoms. The molecule has 0 spiro atoms. The zero-order chi connectivity index (χ0) is 12.3. The lowest BCUT2D eigenvalue weighted by Gasteiger charge is -2.27. The highest BCUT2D eigenvalue weighted by atomic mass is 15.0. The van der Waals surface area contributed by atoms with Gasteiger partial charge in [-0.25, -0.2) is 4.98 Å². The molecule has 0 unspecified atom stereocenters. The van der Waals surface area contributed by atoms with E-state index in [1.54, 1.807) is 12.3 Å². The lowest BCUT2D eigenvalue weighted by molar-refractivity contribution is 0.361. The van der Waals surface area contributed by atoms with Crippen LogP contribution >= 0.6 is 0 Å². The number of nitrogens with two attached hydrogens (primary N) is 1. The topological polar surface area (TPSA) is 74.7 Å². The first-order valence-corrected chi connectivity index (χ1v) is 6.12. The summed E-state index contributed by atoms with van der Waals surface area (Å²) in [7, 11) is 0. The maximum absolute atomic E-state index is 8.90. The van der Waals surface area contributed by atoms with E-state index in [9.17, 15) is 0 Å². The highest BCUT2D eigenvalue weighted by Gasteiger charge is 2.19. The van der Waals surface area contributed by atoms with Gasteiger partial charge in [-0.15, -0.1) is 0 Å². The summed E-state index contributed by atoms with van der Waals surface area (Å²) in [5, 5.41) is 12.3. The second-order valence-corrected chi connectivity index (χ2v) is 4.83. The van der Waals surface area contributed by atoms with Crippen LogP contribution in [0.4, 0.5) is 11.5 Å². The van der Waals surface area contributed by atoms with E-state index < -0.39 is 0 Å². The van der Waals surface area contributed by atoms with Gasteiger partial charge in [-0.1, -0.05) is 6.92 Å². The Kier molecular flexibility index (Phi) is 3.48. The standard InChI is InChI=1S/C13H18N4/c1-9-2-4-11(5-3-9)17-13-12(15)10(8-14)6-7-16-13/h6-7,9,11H,2-5,15H2,1H3,(H,16,17). The highest BCUT2D eigenvalue weighted by molar-refractivity contribution is 5.69. The van der Waals surface area contributed by atoms with E-state index in [0.29, 0.717) is 23.1 Å². The van der Waals surface area contributed by atoms with Crippen LogP contribution in [-0.2, 0) is 0 Å². The van der Waals surface area contributed by atoms with E-state index in [2.05, 4.69) is 23.3 Å². The van der Waals surface area contributed by atoms with Crippen molar-refractivity contribution < 1.29 is 0 Å². The molecule has 0 aromatic carbocycles. The third-order valence-electron chi connectivity index (χ3n) is 3.47. The molecule has 0 atom stereocenters. The fraction of sp³-hybridized carbons (Fsp3) is 0.538. The third kappa shape index (κ3) is 2.68. The minimum atomic E-state index is 0.440. The summed E-state index contributed by atoms with van der Waals surface area (Å²) in [6, 6.07) is 4.16. The smallest absolute Gasteiger partial charge is 0.150 e. The van der Waals surface area contributed by atoms with E-state index >= 15 is 0 Å². The second-order valence-electron chi connectivity index (χ2n) is 4.83. The van der Waals surface area contributed by atoms with Crippen LogP contribution in [-0.4, -0.2) is 11.0 Å². The number of nitrogens with one attached hydrogen (secondary N) is 1.